The molecule has 5 aromatic rings. The second-order valence-electron chi connectivity index (χ2n) is 9.64. The number of para-hydroxylation sites is 2. The molecule has 0 aliphatic carbocycles. The second-order valence-corrected chi connectivity index (χ2v) is 9.64. The highest BCUT2D eigenvalue weighted by atomic mass is 16.5. The summed E-state index contributed by atoms with van der Waals surface area (Å²) in [5.41, 5.74) is 3.38. The number of fused-ring (bicyclic) bond motifs is 2. The fourth-order valence-electron chi connectivity index (χ4n) is 4.94. The number of aromatic nitrogens is 2. The maximum absolute atomic E-state index is 12.2. The fourth-order valence-corrected chi connectivity index (χ4v) is 4.94. The lowest BCUT2D eigenvalue weighted by molar-refractivity contribution is -0.121. The number of carbonyl (C=O) groups is 1. The number of imidazole rings is 1. The summed E-state index contributed by atoms with van der Waals surface area (Å²) in [5, 5.41) is 5.39. The summed E-state index contributed by atoms with van der Waals surface area (Å²) in [6.45, 7) is 2.05. The van der Waals surface area contributed by atoms with Crippen molar-refractivity contribution in [1.82, 2.24) is 14.9 Å². The number of hydrogen-bond acceptors (Lipinski definition) is 3. The number of rotatable bonds is 13. The molecule has 0 aliphatic rings. The third-order valence-electron chi connectivity index (χ3n) is 6.94. The summed E-state index contributed by atoms with van der Waals surface area (Å²) < 4.78 is 8.53. The van der Waals surface area contributed by atoms with Gasteiger partial charge in [-0.2, -0.15) is 0 Å². The molecule has 0 spiro atoms. The van der Waals surface area contributed by atoms with Crippen LogP contribution in [0.2, 0.25) is 0 Å². The molecule has 38 heavy (non-hydrogen) atoms. The van der Waals surface area contributed by atoms with Gasteiger partial charge in [0.1, 0.15) is 18.2 Å². The van der Waals surface area contributed by atoms with Gasteiger partial charge < -0.3 is 14.6 Å². The molecule has 194 valence electrons. The van der Waals surface area contributed by atoms with E-state index in [-0.39, 0.29) is 5.91 Å². The zero-order valence-electron chi connectivity index (χ0n) is 21.8. The first-order valence-corrected chi connectivity index (χ1v) is 13.6. The zero-order chi connectivity index (χ0) is 26.0. The Morgan fingerprint density at radius 1 is 0.789 bits per heavy atom. The molecule has 1 heterocycles. The van der Waals surface area contributed by atoms with Gasteiger partial charge in [0.2, 0.25) is 5.91 Å². The number of ether oxygens (including phenoxy) is 1. The summed E-state index contributed by atoms with van der Waals surface area (Å²) in [6.07, 6.45) is 5.29. The van der Waals surface area contributed by atoms with Gasteiger partial charge in [-0.1, -0.05) is 85.3 Å². The van der Waals surface area contributed by atoms with E-state index in [0.29, 0.717) is 13.0 Å². The maximum Gasteiger partial charge on any atom is 0.220 e. The van der Waals surface area contributed by atoms with Crippen LogP contribution in [0.3, 0.4) is 0 Å². The first-order valence-electron chi connectivity index (χ1n) is 13.6. The lowest BCUT2D eigenvalue weighted by Gasteiger charge is -2.12. The smallest absolute Gasteiger partial charge is 0.220 e. The van der Waals surface area contributed by atoms with E-state index in [0.717, 1.165) is 73.2 Å². The van der Waals surface area contributed by atoms with Crippen molar-refractivity contribution in [1.29, 1.82) is 0 Å². The number of hydrogen-bond donors (Lipinski definition) is 1. The fraction of sp³-hybridized carbons (Fsp3) is 0.273. The normalized spacial score (nSPS) is 11.2. The monoisotopic (exact) mass is 505 g/mol. The van der Waals surface area contributed by atoms with Crippen molar-refractivity contribution in [2.45, 2.75) is 45.1 Å². The van der Waals surface area contributed by atoms with Crippen LogP contribution in [0.4, 0.5) is 0 Å². The van der Waals surface area contributed by atoms with Crippen molar-refractivity contribution in [3.05, 3.63) is 108 Å². The quantitative estimate of drug-likeness (QED) is 0.181. The SMILES string of the molecule is O=C(CCc1ccccc1)NCCCCCc1nc2ccccc2n1CCOc1cccc2ccccc12. The van der Waals surface area contributed by atoms with Crippen molar-refractivity contribution in [2.24, 2.45) is 0 Å². The Hall–Kier alpha value is -4.12. The summed E-state index contributed by atoms with van der Waals surface area (Å²) in [5.74, 6) is 2.14. The molecule has 0 atom stereocenters. The van der Waals surface area contributed by atoms with Crippen LogP contribution in [0.1, 0.15) is 37.1 Å². The molecule has 0 aliphatic heterocycles. The molecular weight excluding hydrogens is 470 g/mol. The number of aryl methyl sites for hydroxylation is 2. The number of amides is 1. The van der Waals surface area contributed by atoms with Crippen molar-refractivity contribution < 1.29 is 9.53 Å². The van der Waals surface area contributed by atoms with Crippen LogP contribution in [-0.4, -0.2) is 28.6 Å². The molecule has 0 fully saturated rings. The predicted octanol–water partition coefficient (Wildman–Crippen LogP) is 6.73. The van der Waals surface area contributed by atoms with E-state index in [1.54, 1.807) is 0 Å². The Bertz CT molecular complexity index is 1470. The van der Waals surface area contributed by atoms with E-state index in [9.17, 15) is 4.79 Å². The first-order chi connectivity index (χ1) is 18.8. The van der Waals surface area contributed by atoms with Crippen LogP contribution in [0.5, 0.6) is 5.75 Å². The molecule has 1 aromatic heterocycles. The molecule has 0 radical (unpaired) electrons. The van der Waals surface area contributed by atoms with Gasteiger partial charge in [0, 0.05) is 24.8 Å². The number of nitrogens with one attached hydrogen (secondary N) is 1. The minimum atomic E-state index is 0.127. The van der Waals surface area contributed by atoms with Crippen LogP contribution in [-0.2, 0) is 24.2 Å². The molecule has 1 amide bonds. The Balaban J connectivity index is 1.10. The van der Waals surface area contributed by atoms with Crippen molar-refractivity contribution in [3.8, 4) is 5.75 Å². The third kappa shape index (κ3) is 6.60. The van der Waals surface area contributed by atoms with E-state index in [1.165, 1.54) is 10.9 Å². The van der Waals surface area contributed by atoms with E-state index in [1.807, 2.05) is 42.5 Å². The van der Waals surface area contributed by atoms with Crippen molar-refractivity contribution in [2.75, 3.05) is 13.2 Å². The van der Waals surface area contributed by atoms with E-state index < -0.39 is 0 Å². The largest absolute Gasteiger partial charge is 0.491 e. The molecule has 5 rings (SSSR count). The number of nitrogens with zero attached hydrogens (tertiary/aromatic N) is 2. The van der Waals surface area contributed by atoms with E-state index in [4.69, 9.17) is 9.72 Å². The lowest BCUT2D eigenvalue weighted by Crippen LogP contribution is -2.24. The Morgan fingerprint density at radius 2 is 1.58 bits per heavy atom. The molecular formula is C33H35N3O2. The maximum atomic E-state index is 12.2. The average Bonchev–Trinajstić information content (AvgIpc) is 3.31. The lowest BCUT2D eigenvalue weighted by atomic mass is 10.1. The molecule has 4 aromatic carbocycles. The van der Waals surface area contributed by atoms with Crippen LogP contribution in [0.25, 0.3) is 21.8 Å². The summed E-state index contributed by atoms with van der Waals surface area (Å²) in [6, 6.07) is 33.0. The van der Waals surface area contributed by atoms with Gasteiger partial charge in [-0.3, -0.25) is 4.79 Å². The van der Waals surface area contributed by atoms with Crippen molar-refractivity contribution >= 4 is 27.7 Å². The van der Waals surface area contributed by atoms with Gasteiger partial charge in [-0.05, 0) is 48.4 Å². The Labute approximate surface area is 224 Å². The van der Waals surface area contributed by atoms with Crippen molar-refractivity contribution in [3.63, 3.8) is 0 Å². The van der Waals surface area contributed by atoms with Gasteiger partial charge in [-0.15, -0.1) is 0 Å². The zero-order valence-corrected chi connectivity index (χ0v) is 21.8. The average molecular weight is 506 g/mol. The third-order valence-corrected chi connectivity index (χ3v) is 6.94. The summed E-state index contributed by atoms with van der Waals surface area (Å²) in [4.78, 5) is 17.1. The van der Waals surface area contributed by atoms with E-state index >= 15 is 0 Å². The highest BCUT2D eigenvalue weighted by molar-refractivity contribution is 5.88. The molecule has 0 saturated carbocycles. The summed E-state index contributed by atoms with van der Waals surface area (Å²) >= 11 is 0. The van der Waals surface area contributed by atoms with Gasteiger partial charge in [-0.25, -0.2) is 4.98 Å². The molecule has 1 N–H and O–H groups in total. The van der Waals surface area contributed by atoms with Crippen LogP contribution in [0, 0.1) is 0 Å². The Kier molecular flexibility index (Phi) is 8.67. The minimum Gasteiger partial charge on any atom is -0.491 e. The number of benzene rings is 4. The topological polar surface area (TPSA) is 56.2 Å². The van der Waals surface area contributed by atoms with Crippen LogP contribution in [0.15, 0.2) is 97.1 Å². The Morgan fingerprint density at radius 3 is 2.50 bits per heavy atom. The van der Waals surface area contributed by atoms with Crippen LogP contribution >= 0.6 is 0 Å². The first kappa shape index (κ1) is 25.5. The van der Waals surface area contributed by atoms with Gasteiger partial charge >= 0.3 is 0 Å². The minimum absolute atomic E-state index is 0.127. The highest BCUT2D eigenvalue weighted by Crippen LogP contribution is 2.25. The second kappa shape index (κ2) is 12.9. The van der Waals surface area contributed by atoms with Gasteiger partial charge in [0.05, 0.1) is 17.6 Å². The molecule has 5 heteroatoms. The number of unbranched alkanes of at least 4 members (excludes halogenated alkanes) is 2. The van der Waals surface area contributed by atoms with E-state index in [2.05, 4.69) is 64.5 Å². The molecule has 5 nitrogen and oxygen atoms in total. The van der Waals surface area contributed by atoms with Crippen LogP contribution < -0.4 is 10.1 Å². The van der Waals surface area contributed by atoms with Gasteiger partial charge in [0.15, 0.2) is 0 Å². The molecule has 0 unspecified atom stereocenters. The standard InChI is InChI=1S/C33H35N3O2/c37-33(22-21-26-12-3-1-4-13-26)34-23-10-2-5-20-32-35-29-17-8-9-18-30(29)36(32)24-25-38-31-19-11-15-27-14-6-7-16-28(27)31/h1,3-4,6-9,11-19H,2,5,10,20-25H2,(H,34,37). The highest BCUT2D eigenvalue weighted by Gasteiger charge is 2.11. The molecule has 0 saturated heterocycles. The number of carbonyl (C=O) groups excluding carboxylic acids is 1. The molecule has 0 bridgehead atoms. The summed E-state index contributed by atoms with van der Waals surface area (Å²) in [7, 11) is 0. The predicted molar refractivity (Wildman–Crippen MR) is 155 cm³/mol. The van der Waals surface area contributed by atoms with Gasteiger partial charge in [0.25, 0.3) is 0 Å².